The molecule has 0 saturated heterocycles. The Kier molecular flexibility index (Phi) is 5.91. The summed E-state index contributed by atoms with van der Waals surface area (Å²) in [6.07, 6.45) is 1.43. The number of aryl methyl sites for hydroxylation is 1. The zero-order valence-electron chi connectivity index (χ0n) is 16.7. The number of aromatic nitrogens is 1. The predicted molar refractivity (Wildman–Crippen MR) is 124 cm³/mol. The van der Waals surface area contributed by atoms with Crippen molar-refractivity contribution in [3.05, 3.63) is 88.6 Å². The number of fused-ring (bicyclic) bond motifs is 2. The van der Waals surface area contributed by atoms with Crippen LogP contribution in [0.5, 0.6) is 0 Å². The van der Waals surface area contributed by atoms with E-state index in [1.165, 1.54) is 6.21 Å². The quantitative estimate of drug-likeness (QED) is 0.282. The van der Waals surface area contributed by atoms with Crippen molar-refractivity contribution >= 4 is 51.3 Å². The van der Waals surface area contributed by atoms with Gasteiger partial charge in [0.05, 0.1) is 18.3 Å². The van der Waals surface area contributed by atoms with Crippen molar-refractivity contribution in [1.82, 2.24) is 15.7 Å². The Morgan fingerprint density at radius 3 is 2.71 bits per heavy atom. The van der Waals surface area contributed by atoms with E-state index in [1.54, 1.807) is 6.07 Å². The first-order valence-corrected chi connectivity index (χ1v) is 10.0. The number of rotatable bonds is 5. The average molecular weight is 431 g/mol. The van der Waals surface area contributed by atoms with E-state index in [2.05, 4.69) is 20.8 Å². The highest BCUT2D eigenvalue weighted by Gasteiger charge is 2.11. The molecule has 6 nitrogen and oxygen atoms in total. The summed E-state index contributed by atoms with van der Waals surface area (Å²) in [4.78, 5) is 28.9. The highest BCUT2D eigenvalue weighted by atomic mass is 35.5. The molecular weight excluding hydrogens is 412 g/mol. The van der Waals surface area contributed by atoms with Gasteiger partial charge in [0, 0.05) is 16.5 Å². The van der Waals surface area contributed by atoms with E-state index in [4.69, 9.17) is 11.6 Å². The highest BCUT2D eigenvalue weighted by Crippen LogP contribution is 2.20. The molecule has 1 aromatic heterocycles. The Morgan fingerprint density at radius 2 is 1.84 bits per heavy atom. The van der Waals surface area contributed by atoms with E-state index in [0.717, 1.165) is 27.2 Å². The number of hydrazone groups is 1. The molecule has 0 bridgehead atoms. The minimum absolute atomic E-state index is 0.206. The largest absolute Gasteiger partial charge is 0.343 e. The Bertz CT molecular complexity index is 1330. The molecule has 0 atom stereocenters. The zero-order chi connectivity index (χ0) is 21.8. The standard InChI is InChI=1S/C24H19ClN4O2/c1-15-9-10-17-12-18(23(25)28-21(17)11-15)13-27-29-22(30)14-26-24(31)20-8-4-6-16-5-2-3-7-19(16)20/h2-13H,14H2,1H3,(H,26,31)(H,29,30)/b27-13+. The summed E-state index contributed by atoms with van der Waals surface area (Å²) in [5, 5.41) is 9.54. The van der Waals surface area contributed by atoms with Crippen molar-refractivity contribution in [2.24, 2.45) is 5.10 Å². The Hall–Kier alpha value is -3.77. The van der Waals surface area contributed by atoms with Crippen LogP contribution >= 0.6 is 11.6 Å². The predicted octanol–water partition coefficient (Wildman–Crippen LogP) is 4.23. The molecule has 0 spiro atoms. The molecule has 0 aliphatic rings. The van der Waals surface area contributed by atoms with Gasteiger partial charge in [0.1, 0.15) is 5.15 Å². The van der Waals surface area contributed by atoms with Crippen LogP contribution < -0.4 is 10.7 Å². The topological polar surface area (TPSA) is 83.5 Å². The maximum Gasteiger partial charge on any atom is 0.259 e. The van der Waals surface area contributed by atoms with Crippen LogP contribution in [0.15, 0.2) is 71.8 Å². The second-order valence-corrected chi connectivity index (χ2v) is 7.43. The first kappa shape index (κ1) is 20.5. The lowest BCUT2D eigenvalue weighted by Crippen LogP contribution is -2.35. The van der Waals surface area contributed by atoms with Gasteiger partial charge in [-0.3, -0.25) is 9.59 Å². The van der Waals surface area contributed by atoms with E-state index in [9.17, 15) is 9.59 Å². The molecule has 2 N–H and O–H groups in total. The van der Waals surface area contributed by atoms with Gasteiger partial charge in [-0.1, -0.05) is 60.1 Å². The van der Waals surface area contributed by atoms with E-state index in [0.29, 0.717) is 16.3 Å². The molecule has 0 aliphatic heterocycles. The molecular formula is C24H19ClN4O2. The maximum absolute atomic E-state index is 12.5. The molecule has 4 rings (SSSR count). The normalized spacial score (nSPS) is 11.2. The van der Waals surface area contributed by atoms with Gasteiger partial charge in [0.15, 0.2) is 0 Å². The van der Waals surface area contributed by atoms with Crippen LogP contribution in [-0.4, -0.2) is 29.6 Å². The van der Waals surface area contributed by atoms with E-state index >= 15 is 0 Å². The van der Waals surface area contributed by atoms with Crippen LogP contribution in [0.3, 0.4) is 0 Å². The molecule has 7 heteroatoms. The summed E-state index contributed by atoms with van der Waals surface area (Å²) in [5.41, 5.74) is 5.37. The van der Waals surface area contributed by atoms with Crippen molar-refractivity contribution in [3.8, 4) is 0 Å². The fraction of sp³-hybridized carbons (Fsp3) is 0.0833. The summed E-state index contributed by atoms with van der Waals surface area (Å²) in [6, 6.07) is 20.8. The van der Waals surface area contributed by atoms with Crippen molar-refractivity contribution in [3.63, 3.8) is 0 Å². The second-order valence-electron chi connectivity index (χ2n) is 7.07. The maximum atomic E-state index is 12.5. The van der Waals surface area contributed by atoms with Crippen molar-refractivity contribution in [1.29, 1.82) is 0 Å². The summed E-state index contributed by atoms with van der Waals surface area (Å²) in [7, 11) is 0. The molecule has 0 aliphatic carbocycles. The number of nitrogens with one attached hydrogen (secondary N) is 2. The van der Waals surface area contributed by atoms with Crippen LogP contribution in [0.1, 0.15) is 21.5 Å². The van der Waals surface area contributed by atoms with Crippen LogP contribution in [0, 0.1) is 6.92 Å². The van der Waals surface area contributed by atoms with E-state index in [1.807, 2.05) is 67.6 Å². The molecule has 0 fully saturated rings. The van der Waals surface area contributed by atoms with Gasteiger partial charge in [-0.25, -0.2) is 10.4 Å². The third-order valence-corrected chi connectivity index (χ3v) is 5.09. The van der Waals surface area contributed by atoms with Gasteiger partial charge in [-0.2, -0.15) is 5.10 Å². The van der Waals surface area contributed by atoms with E-state index in [-0.39, 0.29) is 12.5 Å². The first-order chi connectivity index (χ1) is 15.0. The number of nitrogens with zero attached hydrogens (tertiary/aromatic N) is 2. The van der Waals surface area contributed by atoms with Crippen molar-refractivity contribution < 1.29 is 9.59 Å². The fourth-order valence-corrected chi connectivity index (χ4v) is 3.45. The molecule has 31 heavy (non-hydrogen) atoms. The smallest absolute Gasteiger partial charge is 0.259 e. The number of carbonyl (C=O) groups excluding carboxylic acids is 2. The average Bonchev–Trinajstić information content (AvgIpc) is 2.77. The minimum Gasteiger partial charge on any atom is -0.343 e. The SMILES string of the molecule is Cc1ccc2cc(/C=N/NC(=O)CNC(=O)c3cccc4ccccc34)c(Cl)nc2c1. The Morgan fingerprint density at radius 1 is 1.03 bits per heavy atom. The van der Waals surface area contributed by atoms with Gasteiger partial charge in [-0.05, 0) is 41.5 Å². The van der Waals surface area contributed by atoms with E-state index < -0.39 is 5.91 Å². The number of hydrogen-bond donors (Lipinski definition) is 2. The molecule has 3 aromatic carbocycles. The summed E-state index contributed by atoms with van der Waals surface area (Å²) < 4.78 is 0. The molecule has 154 valence electrons. The molecule has 4 aromatic rings. The number of amides is 2. The van der Waals surface area contributed by atoms with Crippen molar-refractivity contribution in [2.75, 3.05) is 6.54 Å². The summed E-state index contributed by atoms with van der Waals surface area (Å²) in [5.74, 6) is -0.779. The zero-order valence-corrected chi connectivity index (χ0v) is 17.5. The molecule has 2 amide bonds. The lowest BCUT2D eigenvalue weighted by atomic mass is 10.0. The third kappa shape index (κ3) is 4.70. The molecule has 0 saturated carbocycles. The number of carbonyl (C=O) groups is 2. The highest BCUT2D eigenvalue weighted by molar-refractivity contribution is 6.32. The monoisotopic (exact) mass is 430 g/mol. The lowest BCUT2D eigenvalue weighted by molar-refractivity contribution is -0.120. The fourth-order valence-electron chi connectivity index (χ4n) is 3.25. The van der Waals surface area contributed by atoms with Crippen LogP contribution in [0.4, 0.5) is 0 Å². The second kappa shape index (κ2) is 8.93. The Labute approximate surface area is 183 Å². The van der Waals surface area contributed by atoms with Crippen LogP contribution in [0.2, 0.25) is 5.15 Å². The Balaban J connectivity index is 1.37. The molecule has 0 unspecified atom stereocenters. The summed E-state index contributed by atoms with van der Waals surface area (Å²) in [6.45, 7) is 1.78. The minimum atomic E-state index is -0.453. The first-order valence-electron chi connectivity index (χ1n) is 9.66. The third-order valence-electron chi connectivity index (χ3n) is 4.79. The van der Waals surface area contributed by atoms with Gasteiger partial charge in [0.25, 0.3) is 11.8 Å². The van der Waals surface area contributed by atoms with Crippen LogP contribution in [-0.2, 0) is 4.79 Å². The number of halogens is 1. The van der Waals surface area contributed by atoms with Crippen LogP contribution in [0.25, 0.3) is 21.7 Å². The van der Waals surface area contributed by atoms with Gasteiger partial charge in [-0.15, -0.1) is 0 Å². The van der Waals surface area contributed by atoms with Gasteiger partial charge < -0.3 is 5.32 Å². The van der Waals surface area contributed by atoms with Crippen molar-refractivity contribution in [2.45, 2.75) is 6.92 Å². The lowest BCUT2D eigenvalue weighted by Gasteiger charge is -2.07. The number of pyridine rings is 1. The molecule has 0 radical (unpaired) electrons. The van der Waals surface area contributed by atoms with Gasteiger partial charge in [0.2, 0.25) is 0 Å². The van der Waals surface area contributed by atoms with Gasteiger partial charge >= 0.3 is 0 Å². The number of hydrogen-bond acceptors (Lipinski definition) is 4. The summed E-state index contributed by atoms with van der Waals surface area (Å²) >= 11 is 6.22. The number of benzene rings is 3. The molecule has 1 heterocycles.